The van der Waals surface area contributed by atoms with Gasteiger partial charge in [-0.1, -0.05) is 12.1 Å². The number of hydrogen-bond acceptors (Lipinski definition) is 6. The first-order chi connectivity index (χ1) is 13.1. The molecule has 0 saturated heterocycles. The number of halogens is 1. The molecule has 0 saturated carbocycles. The summed E-state index contributed by atoms with van der Waals surface area (Å²) in [7, 11) is 3.16. The van der Waals surface area contributed by atoms with Crippen molar-refractivity contribution in [1.82, 2.24) is 15.0 Å². The Bertz CT molecular complexity index is 899. The number of ether oxygens (including phenoxy) is 2. The van der Waals surface area contributed by atoms with Crippen LogP contribution in [0.25, 0.3) is 22.4 Å². The molecule has 0 bridgehead atoms. The highest BCUT2D eigenvalue weighted by atomic mass is 19.1. The molecular weight excluding hydrogens is 347 g/mol. The minimum atomic E-state index is -0.368. The lowest BCUT2D eigenvalue weighted by atomic mass is 10.0. The third-order valence-corrected chi connectivity index (χ3v) is 4.03. The van der Waals surface area contributed by atoms with Crippen LogP contribution >= 0.6 is 0 Å². The molecule has 2 heterocycles. The van der Waals surface area contributed by atoms with E-state index in [1.807, 2.05) is 19.1 Å². The normalized spacial score (nSPS) is 11.0. The van der Waals surface area contributed by atoms with Crippen molar-refractivity contribution in [2.75, 3.05) is 26.1 Å². The summed E-state index contributed by atoms with van der Waals surface area (Å²) in [6, 6.07) is 10.1. The fraction of sp³-hybridized carbons (Fsp3) is 0.250. The van der Waals surface area contributed by atoms with E-state index in [2.05, 4.69) is 20.3 Å². The molecule has 0 aliphatic rings. The van der Waals surface area contributed by atoms with Crippen molar-refractivity contribution < 1.29 is 13.9 Å². The molecule has 2 aromatic heterocycles. The standard InChI is InChI=1S/C20H21FN4O2/c1-13-24-18(9-19(25-13)23-12-20(26-2)27-3)16-8-15(10-22-11-16)14-4-6-17(21)7-5-14/h4-11,20H,12H2,1-3H3,(H,23,24,25). The summed E-state index contributed by atoms with van der Waals surface area (Å²) in [5.41, 5.74) is 3.36. The second kappa shape index (κ2) is 8.66. The Morgan fingerprint density at radius 2 is 1.67 bits per heavy atom. The molecule has 0 fully saturated rings. The van der Waals surface area contributed by atoms with E-state index in [0.717, 1.165) is 22.4 Å². The van der Waals surface area contributed by atoms with Crippen LogP contribution in [0.1, 0.15) is 5.82 Å². The highest BCUT2D eigenvalue weighted by Gasteiger charge is 2.09. The molecule has 6 nitrogen and oxygen atoms in total. The van der Waals surface area contributed by atoms with Crippen LogP contribution in [0.5, 0.6) is 0 Å². The quantitative estimate of drug-likeness (QED) is 0.642. The van der Waals surface area contributed by atoms with Gasteiger partial charge >= 0.3 is 0 Å². The number of benzene rings is 1. The molecule has 7 heteroatoms. The van der Waals surface area contributed by atoms with Gasteiger partial charge in [0, 0.05) is 43.8 Å². The van der Waals surface area contributed by atoms with Crippen molar-refractivity contribution in [3.63, 3.8) is 0 Å². The van der Waals surface area contributed by atoms with Gasteiger partial charge in [0.1, 0.15) is 17.5 Å². The topological polar surface area (TPSA) is 69.2 Å². The Kier molecular flexibility index (Phi) is 6.05. The van der Waals surface area contributed by atoms with Gasteiger partial charge in [-0.05, 0) is 30.7 Å². The zero-order valence-corrected chi connectivity index (χ0v) is 15.4. The van der Waals surface area contributed by atoms with Crippen molar-refractivity contribution in [2.45, 2.75) is 13.2 Å². The summed E-state index contributed by atoms with van der Waals surface area (Å²) in [6.07, 6.45) is 3.12. The van der Waals surface area contributed by atoms with E-state index in [0.29, 0.717) is 18.2 Å². The second-order valence-corrected chi connectivity index (χ2v) is 5.94. The van der Waals surface area contributed by atoms with Gasteiger partial charge in [0.2, 0.25) is 0 Å². The summed E-state index contributed by atoms with van der Waals surface area (Å²) in [5, 5.41) is 3.19. The van der Waals surface area contributed by atoms with Gasteiger partial charge in [0.25, 0.3) is 0 Å². The van der Waals surface area contributed by atoms with E-state index >= 15 is 0 Å². The molecule has 1 aromatic carbocycles. The average Bonchev–Trinajstić information content (AvgIpc) is 2.69. The van der Waals surface area contributed by atoms with Crippen LogP contribution in [0.2, 0.25) is 0 Å². The molecule has 0 aliphatic carbocycles. The maximum absolute atomic E-state index is 13.2. The fourth-order valence-electron chi connectivity index (χ4n) is 2.64. The van der Waals surface area contributed by atoms with Crippen LogP contribution in [-0.2, 0) is 9.47 Å². The Balaban J connectivity index is 1.87. The first kappa shape index (κ1) is 18.9. The van der Waals surface area contributed by atoms with Crippen molar-refractivity contribution in [3.05, 3.63) is 60.4 Å². The Labute approximate surface area is 157 Å². The van der Waals surface area contributed by atoms with Crippen LogP contribution in [0.15, 0.2) is 48.8 Å². The number of methoxy groups -OCH3 is 2. The molecule has 3 aromatic rings. The molecule has 1 N–H and O–H groups in total. The highest BCUT2D eigenvalue weighted by Crippen LogP contribution is 2.25. The Morgan fingerprint density at radius 3 is 2.37 bits per heavy atom. The summed E-state index contributed by atoms with van der Waals surface area (Å²) >= 11 is 0. The Morgan fingerprint density at radius 1 is 0.963 bits per heavy atom. The maximum atomic E-state index is 13.2. The smallest absolute Gasteiger partial charge is 0.173 e. The van der Waals surface area contributed by atoms with E-state index < -0.39 is 0 Å². The molecular formula is C20H21FN4O2. The minimum absolute atomic E-state index is 0.268. The molecule has 27 heavy (non-hydrogen) atoms. The van der Waals surface area contributed by atoms with Crippen molar-refractivity contribution >= 4 is 5.82 Å². The van der Waals surface area contributed by atoms with E-state index in [9.17, 15) is 4.39 Å². The number of nitrogens with one attached hydrogen (secondary N) is 1. The summed E-state index contributed by atoms with van der Waals surface area (Å²) in [6.45, 7) is 2.28. The summed E-state index contributed by atoms with van der Waals surface area (Å²) < 4.78 is 23.5. The van der Waals surface area contributed by atoms with E-state index in [-0.39, 0.29) is 12.1 Å². The third-order valence-electron chi connectivity index (χ3n) is 4.03. The molecule has 0 amide bonds. The van der Waals surface area contributed by atoms with Gasteiger partial charge in [-0.2, -0.15) is 0 Å². The summed E-state index contributed by atoms with van der Waals surface area (Å²) in [5.74, 6) is 1.03. The van der Waals surface area contributed by atoms with Crippen molar-refractivity contribution in [2.24, 2.45) is 0 Å². The zero-order valence-electron chi connectivity index (χ0n) is 15.4. The highest BCUT2D eigenvalue weighted by molar-refractivity contribution is 5.71. The molecule has 0 radical (unpaired) electrons. The van der Waals surface area contributed by atoms with E-state index in [1.165, 1.54) is 12.1 Å². The average molecular weight is 368 g/mol. The first-order valence-electron chi connectivity index (χ1n) is 8.45. The molecule has 0 unspecified atom stereocenters. The lowest BCUT2D eigenvalue weighted by Gasteiger charge is -2.15. The van der Waals surface area contributed by atoms with Crippen LogP contribution in [0, 0.1) is 12.7 Å². The minimum Gasteiger partial charge on any atom is -0.365 e. The Hall–Kier alpha value is -2.90. The first-order valence-corrected chi connectivity index (χ1v) is 8.45. The van der Waals surface area contributed by atoms with Gasteiger partial charge in [-0.3, -0.25) is 4.98 Å². The predicted octanol–water partition coefficient (Wildman–Crippen LogP) is 3.68. The number of rotatable bonds is 7. The zero-order chi connectivity index (χ0) is 19.2. The van der Waals surface area contributed by atoms with Gasteiger partial charge in [0.15, 0.2) is 6.29 Å². The lowest BCUT2D eigenvalue weighted by Crippen LogP contribution is -2.24. The number of nitrogens with zero attached hydrogens (tertiary/aromatic N) is 3. The van der Waals surface area contributed by atoms with Gasteiger partial charge in [0.05, 0.1) is 12.2 Å². The third kappa shape index (κ3) is 4.84. The van der Waals surface area contributed by atoms with Crippen LogP contribution in [0.4, 0.5) is 10.2 Å². The van der Waals surface area contributed by atoms with Gasteiger partial charge in [-0.25, -0.2) is 14.4 Å². The number of aromatic nitrogens is 3. The van der Waals surface area contributed by atoms with Crippen LogP contribution in [0.3, 0.4) is 0 Å². The summed E-state index contributed by atoms with van der Waals surface area (Å²) in [4.78, 5) is 13.2. The molecule has 140 valence electrons. The number of pyridine rings is 1. The SMILES string of the molecule is COC(CNc1cc(-c2cncc(-c3ccc(F)cc3)c2)nc(C)n1)OC. The number of hydrogen-bond donors (Lipinski definition) is 1. The van der Waals surface area contributed by atoms with E-state index in [4.69, 9.17) is 9.47 Å². The number of anilines is 1. The molecule has 3 rings (SSSR count). The molecule has 0 aliphatic heterocycles. The molecule has 0 spiro atoms. The maximum Gasteiger partial charge on any atom is 0.173 e. The predicted molar refractivity (Wildman–Crippen MR) is 102 cm³/mol. The van der Waals surface area contributed by atoms with Crippen molar-refractivity contribution in [1.29, 1.82) is 0 Å². The van der Waals surface area contributed by atoms with E-state index in [1.54, 1.807) is 38.7 Å². The van der Waals surface area contributed by atoms with Gasteiger partial charge < -0.3 is 14.8 Å². The fourth-order valence-corrected chi connectivity index (χ4v) is 2.64. The van der Waals surface area contributed by atoms with Gasteiger partial charge in [-0.15, -0.1) is 0 Å². The number of aryl methyl sites for hydroxylation is 1. The largest absolute Gasteiger partial charge is 0.365 e. The van der Waals surface area contributed by atoms with Crippen LogP contribution in [-0.4, -0.2) is 42.0 Å². The monoisotopic (exact) mass is 368 g/mol. The lowest BCUT2D eigenvalue weighted by molar-refractivity contribution is -0.0914. The molecule has 0 atom stereocenters. The van der Waals surface area contributed by atoms with Crippen molar-refractivity contribution in [3.8, 4) is 22.4 Å². The van der Waals surface area contributed by atoms with Crippen LogP contribution < -0.4 is 5.32 Å². The second-order valence-electron chi connectivity index (χ2n) is 5.94.